The van der Waals surface area contributed by atoms with Gasteiger partial charge in [-0.25, -0.2) is 0 Å². The fraction of sp³-hybridized carbons (Fsp3) is 0.850. The van der Waals surface area contributed by atoms with Gasteiger partial charge in [-0.05, 0) is 46.2 Å². The van der Waals surface area contributed by atoms with Gasteiger partial charge in [-0.1, -0.05) is 34.4 Å². The summed E-state index contributed by atoms with van der Waals surface area (Å²) in [6.45, 7) is 6.09. The first-order valence-electron chi connectivity index (χ1n) is 9.93. The van der Waals surface area contributed by atoms with Gasteiger partial charge in [0.1, 0.15) is 5.44 Å². The summed E-state index contributed by atoms with van der Waals surface area (Å²) in [4.78, 5) is 13.8. The molecule has 0 bridgehead atoms. The number of rotatable bonds is 18. The number of carbonyl (C=O) groups is 1. The highest BCUT2D eigenvalue weighted by atomic mass is 33.1. The van der Waals surface area contributed by atoms with E-state index < -0.39 is 0 Å². The van der Waals surface area contributed by atoms with Crippen LogP contribution in [0.4, 0.5) is 0 Å². The second kappa shape index (κ2) is 21.3. The SMILES string of the molecule is CCCC#CCNC(=O)CCOCCOCCOC(CCCN(C)C)SSC. The van der Waals surface area contributed by atoms with Gasteiger partial charge in [-0.3, -0.25) is 4.79 Å². The van der Waals surface area contributed by atoms with Crippen LogP contribution in [0.3, 0.4) is 0 Å². The van der Waals surface area contributed by atoms with Crippen LogP contribution in [-0.4, -0.2) is 82.7 Å². The largest absolute Gasteiger partial charge is 0.379 e. The molecule has 0 aromatic heterocycles. The molecule has 0 aliphatic carbocycles. The van der Waals surface area contributed by atoms with Crippen molar-refractivity contribution in [3.05, 3.63) is 0 Å². The lowest BCUT2D eigenvalue weighted by Gasteiger charge is -2.17. The van der Waals surface area contributed by atoms with E-state index in [0.717, 1.165) is 32.2 Å². The first kappa shape index (κ1) is 27.6. The molecule has 0 saturated carbocycles. The Bertz CT molecular complexity index is 428. The van der Waals surface area contributed by atoms with Gasteiger partial charge in [0.25, 0.3) is 0 Å². The highest BCUT2D eigenvalue weighted by Crippen LogP contribution is 2.27. The maximum Gasteiger partial charge on any atom is 0.223 e. The second-order valence-corrected chi connectivity index (χ2v) is 8.99. The van der Waals surface area contributed by atoms with Crippen molar-refractivity contribution >= 4 is 27.5 Å². The number of nitrogens with one attached hydrogen (secondary N) is 1. The molecule has 1 amide bonds. The highest BCUT2D eigenvalue weighted by Gasteiger charge is 2.09. The molecule has 1 N–H and O–H groups in total. The number of unbranched alkanes of at least 4 members (excludes halogenated alkanes) is 1. The monoisotopic (exact) mass is 434 g/mol. The van der Waals surface area contributed by atoms with E-state index in [1.807, 2.05) is 0 Å². The molecule has 0 aromatic carbocycles. The van der Waals surface area contributed by atoms with Crippen molar-refractivity contribution in [2.75, 3.05) is 66.5 Å². The number of hydrogen-bond donors (Lipinski definition) is 1. The molecule has 0 aromatic rings. The maximum atomic E-state index is 11.6. The third-order valence-corrected chi connectivity index (χ3v) is 5.50. The standard InChI is InChI=1S/C20H38N2O4S2/c1-5-6-7-8-12-21-19(23)11-14-24-15-16-25-17-18-26-20(28-27-4)10-9-13-22(2)3/h20H,5-6,9-18H2,1-4H3,(H,21,23). The van der Waals surface area contributed by atoms with Gasteiger partial charge in [0, 0.05) is 12.8 Å². The summed E-state index contributed by atoms with van der Waals surface area (Å²) in [5.74, 6) is 5.88. The van der Waals surface area contributed by atoms with Crippen LogP contribution in [0.2, 0.25) is 0 Å². The molecular weight excluding hydrogens is 396 g/mol. The number of amides is 1. The van der Waals surface area contributed by atoms with Crippen molar-refractivity contribution in [2.45, 2.75) is 44.5 Å². The van der Waals surface area contributed by atoms with Gasteiger partial charge in [0.15, 0.2) is 0 Å². The van der Waals surface area contributed by atoms with Crippen LogP contribution in [0, 0.1) is 11.8 Å². The molecule has 0 saturated heterocycles. The summed E-state index contributed by atoms with van der Waals surface area (Å²) in [7, 11) is 7.67. The Hall–Kier alpha value is -0.430. The van der Waals surface area contributed by atoms with Gasteiger partial charge in [0.2, 0.25) is 5.91 Å². The minimum atomic E-state index is -0.0354. The van der Waals surface area contributed by atoms with Gasteiger partial charge in [-0.15, -0.1) is 5.92 Å². The van der Waals surface area contributed by atoms with Crippen molar-refractivity contribution in [3.8, 4) is 11.8 Å². The third-order valence-electron chi connectivity index (χ3n) is 3.50. The Labute approximate surface area is 179 Å². The number of carbonyl (C=O) groups excluding carboxylic acids is 1. The molecule has 6 nitrogen and oxygen atoms in total. The molecular formula is C20H38N2O4S2. The number of nitrogens with zero attached hydrogens (tertiary/aromatic N) is 1. The normalized spacial score (nSPS) is 11.9. The minimum Gasteiger partial charge on any atom is -0.379 e. The molecule has 0 rings (SSSR count). The summed E-state index contributed by atoms with van der Waals surface area (Å²) in [6, 6.07) is 0. The van der Waals surface area contributed by atoms with Crippen molar-refractivity contribution in [1.82, 2.24) is 10.2 Å². The molecule has 0 aliphatic heterocycles. The number of ether oxygens (including phenoxy) is 3. The molecule has 1 unspecified atom stereocenters. The second-order valence-electron chi connectivity index (χ2n) is 6.36. The lowest BCUT2D eigenvalue weighted by molar-refractivity contribution is -0.122. The van der Waals surface area contributed by atoms with Gasteiger partial charge in [-0.2, -0.15) is 0 Å². The lowest BCUT2D eigenvalue weighted by Crippen LogP contribution is -2.25. The van der Waals surface area contributed by atoms with E-state index in [0.29, 0.717) is 46.0 Å². The Balaban J connectivity index is 3.50. The fourth-order valence-electron chi connectivity index (χ4n) is 2.07. The smallest absolute Gasteiger partial charge is 0.223 e. The molecule has 0 fully saturated rings. The van der Waals surface area contributed by atoms with E-state index in [1.54, 1.807) is 21.6 Å². The summed E-state index contributed by atoms with van der Waals surface area (Å²) < 4.78 is 16.8. The van der Waals surface area contributed by atoms with Crippen LogP contribution in [0.1, 0.15) is 39.0 Å². The van der Waals surface area contributed by atoms with Crippen molar-refractivity contribution < 1.29 is 19.0 Å². The van der Waals surface area contributed by atoms with E-state index in [1.165, 1.54) is 0 Å². The highest BCUT2D eigenvalue weighted by molar-refractivity contribution is 8.76. The number of hydrogen-bond acceptors (Lipinski definition) is 7. The van der Waals surface area contributed by atoms with Gasteiger partial charge >= 0.3 is 0 Å². The zero-order valence-electron chi connectivity index (χ0n) is 18.0. The molecule has 164 valence electrons. The van der Waals surface area contributed by atoms with E-state index in [2.05, 4.69) is 49.3 Å². The Morgan fingerprint density at radius 1 is 1.11 bits per heavy atom. The quantitative estimate of drug-likeness (QED) is 0.154. The maximum absolute atomic E-state index is 11.6. The molecule has 8 heteroatoms. The predicted octanol–water partition coefficient (Wildman–Crippen LogP) is 3.03. The minimum absolute atomic E-state index is 0.0354. The summed E-state index contributed by atoms with van der Waals surface area (Å²) in [5.41, 5.74) is 0.208. The van der Waals surface area contributed by atoms with Crippen LogP contribution < -0.4 is 5.32 Å². The first-order chi connectivity index (χ1) is 13.6. The molecule has 0 heterocycles. The fourth-order valence-corrected chi connectivity index (χ4v) is 3.80. The van der Waals surface area contributed by atoms with E-state index in [-0.39, 0.29) is 11.3 Å². The Kier molecular flexibility index (Phi) is 21.0. The predicted molar refractivity (Wildman–Crippen MR) is 121 cm³/mol. The lowest BCUT2D eigenvalue weighted by atomic mass is 10.3. The average Bonchev–Trinajstić information content (AvgIpc) is 2.66. The van der Waals surface area contributed by atoms with Crippen molar-refractivity contribution in [2.24, 2.45) is 0 Å². The van der Waals surface area contributed by atoms with E-state index >= 15 is 0 Å². The van der Waals surface area contributed by atoms with E-state index in [4.69, 9.17) is 14.2 Å². The summed E-state index contributed by atoms with van der Waals surface area (Å²) in [6.07, 6.45) is 6.49. The van der Waals surface area contributed by atoms with Crippen molar-refractivity contribution in [1.29, 1.82) is 0 Å². The molecule has 28 heavy (non-hydrogen) atoms. The third kappa shape index (κ3) is 20.3. The van der Waals surface area contributed by atoms with E-state index in [9.17, 15) is 4.79 Å². The molecule has 0 radical (unpaired) electrons. The summed E-state index contributed by atoms with van der Waals surface area (Å²) >= 11 is 0. The molecule has 1 atom stereocenters. The van der Waals surface area contributed by atoms with Crippen LogP contribution in [0.5, 0.6) is 0 Å². The molecule has 0 spiro atoms. The van der Waals surface area contributed by atoms with Crippen LogP contribution in [0.25, 0.3) is 0 Å². The van der Waals surface area contributed by atoms with Gasteiger partial charge < -0.3 is 24.4 Å². The van der Waals surface area contributed by atoms with Crippen LogP contribution in [0.15, 0.2) is 0 Å². The topological polar surface area (TPSA) is 60.0 Å². The van der Waals surface area contributed by atoms with Crippen LogP contribution in [-0.2, 0) is 19.0 Å². The molecule has 0 aliphatic rings. The average molecular weight is 435 g/mol. The van der Waals surface area contributed by atoms with Gasteiger partial charge in [0.05, 0.1) is 39.6 Å². The Morgan fingerprint density at radius 2 is 1.82 bits per heavy atom. The zero-order valence-corrected chi connectivity index (χ0v) is 19.6. The van der Waals surface area contributed by atoms with Crippen molar-refractivity contribution in [3.63, 3.8) is 0 Å². The Morgan fingerprint density at radius 3 is 2.50 bits per heavy atom. The summed E-state index contributed by atoms with van der Waals surface area (Å²) in [5, 5.41) is 2.76. The zero-order chi connectivity index (χ0) is 20.9. The first-order valence-corrected chi connectivity index (χ1v) is 12.6. The van der Waals surface area contributed by atoms with Crippen LogP contribution >= 0.6 is 21.6 Å².